The number of nitrogens with two attached hydrogens (primary N) is 3. The highest BCUT2D eigenvalue weighted by Crippen LogP contribution is 2.22. The third-order valence-electron chi connectivity index (χ3n) is 15.9. The summed E-state index contributed by atoms with van der Waals surface area (Å²) in [5.41, 5.74) is 17.7. The van der Waals surface area contributed by atoms with E-state index in [9.17, 15) is 92.7 Å². The number of hydrogen-bond donors (Lipinski definition) is 16. The van der Waals surface area contributed by atoms with Crippen molar-refractivity contribution in [2.45, 2.75) is 152 Å². The maximum atomic E-state index is 14.5. The van der Waals surface area contributed by atoms with Gasteiger partial charge in [0.15, 0.2) is 0 Å². The predicted molar refractivity (Wildman–Crippen MR) is 360 cm³/mol. The Labute approximate surface area is 580 Å². The zero-order chi connectivity index (χ0) is 72.7. The number of aliphatic carboxylic acids is 5. The summed E-state index contributed by atoms with van der Waals surface area (Å²) in [5.74, 6) is -11.7. The predicted octanol–water partition coefficient (Wildman–Crippen LogP) is -1.78. The van der Waals surface area contributed by atoms with Gasteiger partial charge in [-0.1, -0.05) is 49.2 Å². The molecule has 35 heteroatoms. The second kappa shape index (κ2) is 45.6. The maximum absolute atomic E-state index is 14.5. The fraction of sp³-hybridized carbons (Fsp3) is 0.587. The number of carboxylic acids is 5. The molecule has 3 rings (SSSR count). The van der Waals surface area contributed by atoms with E-state index in [0.717, 1.165) is 0 Å². The summed E-state index contributed by atoms with van der Waals surface area (Å²) < 4.78 is 0.420. The number of nitrogens with one attached hydrogen (secondary N) is 7. The molecule has 544 valence electrons. The molecule has 2 aromatic rings. The van der Waals surface area contributed by atoms with Gasteiger partial charge >= 0.3 is 35.9 Å². The lowest BCUT2D eigenvalue weighted by Crippen LogP contribution is -2.57. The Morgan fingerprint density at radius 2 is 0.857 bits per heavy atom. The van der Waals surface area contributed by atoms with Crippen LogP contribution < -0.4 is 54.4 Å². The van der Waals surface area contributed by atoms with Crippen LogP contribution in [0, 0.1) is 3.57 Å². The van der Waals surface area contributed by atoms with Crippen molar-refractivity contribution in [1.82, 2.24) is 56.8 Å². The van der Waals surface area contributed by atoms with E-state index in [1.54, 1.807) is 56.0 Å². The van der Waals surface area contributed by atoms with E-state index in [4.69, 9.17) is 22.3 Å². The number of phenolic OH excluding ortho intramolecular Hbond substituents is 1. The van der Waals surface area contributed by atoms with Gasteiger partial charge in [-0.25, -0.2) is 19.2 Å². The normalized spacial score (nSPS) is 15.3. The van der Waals surface area contributed by atoms with Gasteiger partial charge in [0, 0.05) is 104 Å². The van der Waals surface area contributed by atoms with Gasteiger partial charge < -0.3 is 85.1 Å². The second-order valence-corrected chi connectivity index (χ2v) is 25.0. The van der Waals surface area contributed by atoms with Crippen LogP contribution >= 0.6 is 22.6 Å². The van der Waals surface area contributed by atoms with E-state index >= 15 is 0 Å². The molecule has 0 aromatic heterocycles. The highest BCUT2D eigenvalue weighted by molar-refractivity contribution is 14.1. The molecular weight excluding hydrogens is 1400 g/mol. The second-order valence-electron chi connectivity index (χ2n) is 23.9. The first-order valence-electron chi connectivity index (χ1n) is 32.4. The van der Waals surface area contributed by atoms with Crippen LogP contribution in [0.5, 0.6) is 5.75 Å². The fourth-order valence-corrected chi connectivity index (χ4v) is 11.2. The summed E-state index contributed by atoms with van der Waals surface area (Å²) in [5, 5.41) is 76.5. The minimum absolute atomic E-state index is 0.0279. The summed E-state index contributed by atoms with van der Waals surface area (Å²) in [6.45, 7) is 1.31. The van der Waals surface area contributed by atoms with Crippen molar-refractivity contribution in [1.29, 1.82) is 0 Å². The van der Waals surface area contributed by atoms with Crippen molar-refractivity contribution in [2.75, 3.05) is 85.1 Å². The minimum Gasteiger partial charge on any atom is -0.507 e. The molecule has 0 spiro atoms. The fourth-order valence-electron chi connectivity index (χ4n) is 10.6. The number of aromatic hydroxyl groups is 1. The first kappa shape index (κ1) is 83.4. The molecule has 0 saturated carbocycles. The zero-order valence-corrected chi connectivity index (χ0v) is 57.0. The minimum atomic E-state index is -1.54. The van der Waals surface area contributed by atoms with E-state index in [2.05, 4.69) is 37.2 Å². The zero-order valence-electron chi connectivity index (χ0n) is 54.8. The smallest absolute Gasteiger partial charge is 0.326 e. The quantitative estimate of drug-likeness (QED) is 0.0257. The largest absolute Gasteiger partial charge is 0.507 e. The summed E-state index contributed by atoms with van der Waals surface area (Å²) in [6, 6.07) is 3.51. The van der Waals surface area contributed by atoms with Crippen LogP contribution in [-0.2, 0) is 75.2 Å². The summed E-state index contributed by atoms with van der Waals surface area (Å²) in [6.07, 6.45) is 1.99. The van der Waals surface area contributed by atoms with E-state index in [0.29, 0.717) is 53.2 Å². The molecule has 0 radical (unpaired) electrons. The third-order valence-corrected chi connectivity index (χ3v) is 16.8. The van der Waals surface area contributed by atoms with E-state index in [1.807, 2.05) is 22.6 Å². The molecule has 10 amide bonds. The van der Waals surface area contributed by atoms with Crippen LogP contribution in [0.1, 0.15) is 114 Å². The molecule has 0 bridgehead atoms. The topological polar surface area (TPSA) is 536 Å². The van der Waals surface area contributed by atoms with Crippen molar-refractivity contribution in [3.8, 4) is 5.75 Å². The van der Waals surface area contributed by atoms with Crippen molar-refractivity contribution < 1.29 is 97.8 Å². The number of phenols is 1. The molecule has 2 aromatic carbocycles. The maximum Gasteiger partial charge on any atom is 0.326 e. The van der Waals surface area contributed by atoms with E-state index in [-0.39, 0.29) is 160 Å². The van der Waals surface area contributed by atoms with Gasteiger partial charge in [0.05, 0.1) is 23.2 Å². The van der Waals surface area contributed by atoms with Crippen LogP contribution in [0.3, 0.4) is 0 Å². The van der Waals surface area contributed by atoms with Crippen molar-refractivity contribution in [3.63, 3.8) is 0 Å². The Kier molecular flexibility index (Phi) is 38.9. The number of nitrogens with zero attached hydrogens (tertiary/aromatic N) is 4. The molecule has 1 aliphatic heterocycles. The van der Waals surface area contributed by atoms with Gasteiger partial charge in [-0.3, -0.25) is 67.5 Å². The van der Waals surface area contributed by atoms with Gasteiger partial charge in [0.1, 0.15) is 42.0 Å². The van der Waals surface area contributed by atoms with Gasteiger partial charge in [0.25, 0.3) is 0 Å². The number of benzene rings is 2. The summed E-state index contributed by atoms with van der Waals surface area (Å²) in [4.78, 5) is 182. The molecule has 1 heterocycles. The molecule has 6 atom stereocenters. The van der Waals surface area contributed by atoms with Crippen molar-refractivity contribution >= 4 is 106 Å². The van der Waals surface area contributed by atoms with Crippen molar-refractivity contribution in [2.24, 2.45) is 17.2 Å². The Morgan fingerprint density at radius 3 is 1.30 bits per heavy atom. The number of halogens is 1. The van der Waals surface area contributed by atoms with E-state index < -0.39 is 127 Å². The van der Waals surface area contributed by atoms with Crippen LogP contribution in [0.4, 0.5) is 4.79 Å². The average molecular weight is 1500 g/mol. The molecule has 98 heavy (non-hydrogen) atoms. The van der Waals surface area contributed by atoms with Gasteiger partial charge in [-0.2, -0.15) is 0 Å². The third kappa shape index (κ3) is 35.4. The number of unbranched alkanes of at least 4 members (excludes halogenated alkanes) is 5. The van der Waals surface area contributed by atoms with Crippen LogP contribution in [0.25, 0.3) is 0 Å². The number of amides is 10. The lowest BCUT2D eigenvalue weighted by molar-refractivity contribution is -0.145. The monoisotopic (exact) mass is 1490 g/mol. The first-order chi connectivity index (χ1) is 46.5. The van der Waals surface area contributed by atoms with Crippen molar-refractivity contribution in [3.05, 3.63) is 63.2 Å². The molecule has 1 aliphatic rings. The summed E-state index contributed by atoms with van der Waals surface area (Å²) >= 11 is 1.89. The number of urea groups is 1. The molecule has 34 nitrogen and oxygen atoms in total. The van der Waals surface area contributed by atoms with Crippen LogP contribution in [0.2, 0.25) is 0 Å². The lowest BCUT2D eigenvalue weighted by Gasteiger charge is -2.35. The Balaban J connectivity index is 1.58. The number of rotatable bonds is 45. The first-order valence-corrected chi connectivity index (χ1v) is 33.5. The highest BCUT2D eigenvalue weighted by Gasteiger charge is 2.33. The highest BCUT2D eigenvalue weighted by atomic mass is 127. The molecule has 1 fully saturated rings. The van der Waals surface area contributed by atoms with E-state index in [1.165, 1.54) is 12.1 Å². The number of hydrogen-bond acceptors (Lipinski definition) is 19. The van der Waals surface area contributed by atoms with Gasteiger partial charge in [-0.15, -0.1) is 0 Å². The average Bonchev–Trinajstić information content (AvgIpc) is 0.864. The SMILES string of the molecule is NC(=O)CN1CCN(CC(N)=O)CCN([C@H](CCC(=O)N[C@H](Cc2ccc(O)c(I)c2)C(=O)N[C@H](Cc2ccccc2)C(=O)N[C@H](CCCCNC(=O)CCCCCCC(=O)NCCCCC(NC(=O)N[C@@H](CCC(=O)O)C(=O)O)C(=O)O)C(=O)O)C(=O)O)CCN(CC(N)=O)CC1. The molecule has 19 N–H and O–H groups in total. The number of primary amides is 3. The Hall–Kier alpha value is -8.81. The molecule has 1 saturated heterocycles. The molecule has 0 aliphatic carbocycles. The Bertz CT molecular complexity index is 2970. The van der Waals surface area contributed by atoms with Crippen LogP contribution in [0.15, 0.2) is 48.5 Å². The standard InChI is InChI=1S/C63H95IN14O20/c64-42-34-41(18-21-49(42)79)36-46(70-55(85)22-20-48(62(96)97)78-32-30-76(38-51(66)81)28-26-75(37-50(65)80)27-29-77(31-33-78)39-52(67)82)57(88)72-47(35-40-12-4-3-5-13-40)58(89)71-43(59(90)91)14-8-10-24-68-53(83)16-6-1-2-7-17-54(84)69-25-11-9-15-44(60(92)93)73-63(98)74-45(61(94)95)19-23-56(86)87/h3-5,12-13,18,21,34,43-48,79H,1-2,6-11,14-17,19-20,22-33,35-39H2,(H2,65,80)(H2,66,81)(H2,67,82)(H,68,83)(H,69,84)(H,70,85)(H,71,89)(H,72,88)(H,86,87)(H,90,91)(H,92,93)(H,94,95)(H,96,97)(H2,73,74,98)/t43-,44?,45+,46-,47-,48-/m1/s1. The number of carbonyl (C=O) groups excluding carboxylic acids is 9. The Morgan fingerprint density at radius 1 is 0.429 bits per heavy atom. The number of carboxylic acid groups (broad SMARTS) is 5. The number of carbonyl (C=O) groups is 14. The lowest BCUT2D eigenvalue weighted by atomic mass is 10.0. The van der Waals surface area contributed by atoms with Crippen LogP contribution in [-0.4, -0.2) is 255 Å². The molecular formula is C63H95IN14O20. The van der Waals surface area contributed by atoms with Gasteiger partial charge in [-0.05, 0) is 110 Å². The molecule has 1 unspecified atom stereocenters. The summed E-state index contributed by atoms with van der Waals surface area (Å²) in [7, 11) is 0. The van der Waals surface area contributed by atoms with Gasteiger partial charge in [0.2, 0.25) is 47.3 Å².